The molecule has 0 fully saturated rings. The molecule has 0 heterocycles. The molecule has 0 aromatic rings. The highest BCUT2D eigenvalue weighted by Crippen LogP contribution is 2.58. The smallest absolute Gasteiger partial charge is 0.334 e. The first-order chi connectivity index (χ1) is 9.09. The summed E-state index contributed by atoms with van der Waals surface area (Å²) in [5, 5.41) is 0. The SMILES string of the molecule is CCOC(=O)[C@H]1CC=CC[C@@H]1P(=O)(OCC)OCC. The van der Waals surface area contributed by atoms with Crippen LogP contribution in [-0.2, 0) is 23.1 Å². The lowest BCUT2D eigenvalue weighted by Crippen LogP contribution is -2.32. The zero-order valence-corrected chi connectivity index (χ0v) is 12.7. The average Bonchev–Trinajstić information content (AvgIpc) is 2.39. The number of allylic oxidation sites excluding steroid dienone is 2. The molecule has 0 aromatic heterocycles. The quantitative estimate of drug-likeness (QED) is 0.409. The fourth-order valence-corrected chi connectivity index (χ4v) is 4.48. The van der Waals surface area contributed by atoms with Gasteiger partial charge in [-0.05, 0) is 33.6 Å². The van der Waals surface area contributed by atoms with Crippen LogP contribution in [0.15, 0.2) is 12.2 Å². The largest absolute Gasteiger partial charge is 0.466 e. The van der Waals surface area contributed by atoms with Crippen LogP contribution in [0, 0.1) is 5.92 Å². The van der Waals surface area contributed by atoms with Crippen LogP contribution in [0.25, 0.3) is 0 Å². The van der Waals surface area contributed by atoms with E-state index in [-0.39, 0.29) is 5.97 Å². The van der Waals surface area contributed by atoms with E-state index in [1.165, 1.54) is 0 Å². The van der Waals surface area contributed by atoms with E-state index >= 15 is 0 Å². The van der Waals surface area contributed by atoms with Crippen LogP contribution in [0.4, 0.5) is 0 Å². The Bertz CT molecular complexity index is 356. The standard InChI is InChI=1S/C13H23O5P/c1-4-16-13(14)11-9-7-8-10-12(11)19(15,17-5-2)18-6-3/h7-8,11-12H,4-6,9-10H2,1-3H3/t11-,12-/m0/s1. The molecule has 1 rings (SSSR count). The third-order valence-electron chi connectivity index (χ3n) is 3.01. The van der Waals surface area contributed by atoms with Crippen molar-refractivity contribution in [1.29, 1.82) is 0 Å². The van der Waals surface area contributed by atoms with E-state index in [4.69, 9.17) is 13.8 Å². The Kier molecular flexibility index (Phi) is 6.76. The fraction of sp³-hybridized carbons (Fsp3) is 0.769. The van der Waals surface area contributed by atoms with E-state index < -0.39 is 19.2 Å². The van der Waals surface area contributed by atoms with Crippen LogP contribution in [0.5, 0.6) is 0 Å². The van der Waals surface area contributed by atoms with Crippen molar-refractivity contribution < 1.29 is 23.1 Å². The molecule has 0 bridgehead atoms. The number of hydrogen-bond donors (Lipinski definition) is 0. The molecule has 1 aliphatic carbocycles. The van der Waals surface area contributed by atoms with Gasteiger partial charge in [0.2, 0.25) is 0 Å². The maximum atomic E-state index is 12.8. The Balaban J connectivity index is 2.94. The summed E-state index contributed by atoms with van der Waals surface area (Å²) < 4.78 is 28.6. The molecule has 0 radical (unpaired) electrons. The first-order valence-electron chi connectivity index (χ1n) is 6.79. The summed E-state index contributed by atoms with van der Waals surface area (Å²) in [5.41, 5.74) is -0.448. The molecular weight excluding hydrogens is 267 g/mol. The number of carbonyl (C=O) groups excluding carboxylic acids is 1. The number of ether oxygens (including phenoxy) is 1. The lowest BCUT2D eigenvalue weighted by Gasteiger charge is -2.32. The molecule has 0 aliphatic heterocycles. The average molecular weight is 290 g/mol. The predicted molar refractivity (Wildman–Crippen MR) is 73.1 cm³/mol. The highest BCUT2D eigenvalue weighted by molar-refractivity contribution is 7.54. The first kappa shape index (κ1) is 16.4. The zero-order valence-electron chi connectivity index (χ0n) is 11.8. The van der Waals surface area contributed by atoms with Crippen molar-refractivity contribution in [2.75, 3.05) is 19.8 Å². The van der Waals surface area contributed by atoms with Gasteiger partial charge in [-0.3, -0.25) is 9.36 Å². The van der Waals surface area contributed by atoms with Crippen LogP contribution in [0.2, 0.25) is 0 Å². The second-order valence-electron chi connectivity index (χ2n) is 4.24. The molecule has 6 heteroatoms. The Morgan fingerprint density at radius 3 is 2.21 bits per heavy atom. The van der Waals surface area contributed by atoms with Gasteiger partial charge in [0, 0.05) is 0 Å². The third-order valence-corrected chi connectivity index (χ3v) is 5.63. The van der Waals surface area contributed by atoms with Crippen LogP contribution in [0.3, 0.4) is 0 Å². The maximum Gasteiger partial charge on any atom is 0.334 e. The Morgan fingerprint density at radius 2 is 1.68 bits per heavy atom. The van der Waals surface area contributed by atoms with Crippen molar-refractivity contribution >= 4 is 13.6 Å². The minimum absolute atomic E-state index is 0.299. The molecule has 0 saturated carbocycles. The van der Waals surface area contributed by atoms with E-state index in [0.29, 0.717) is 32.7 Å². The third kappa shape index (κ3) is 4.16. The molecule has 0 N–H and O–H groups in total. The second-order valence-corrected chi connectivity index (χ2v) is 6.50. The summed E-state index contributed by atoms with van der Waals surface area (Å²) in [6.07, 6.45) is 4.87. The molecule has 19 heavy (non-hydrogen) atoms. The normalized spacial score (nSPS) is 23.3. The number of esters is 1. The predicted octanol–water partition coefficient (Wildman–Crippen LogP) is 3.15. The van der Waals surface area contributed by atoms with Gasteiger partial charge in [0.1, 0.15) is 0 Å². The number of rotatable bonds is 7. The Morgan fingerprint density at radius 1 is 1.11 bits per heavy atom. The van der Waals surface area contributed by atoms with Crippen LogP contribution in [0.1, 0.15) is 33.6 Å². The van der Waals surface area contributed by atoms with Crippen LogP contribution >= 0.6 is 7.60 Å². The highest BCUT2D eigenvalue weighted by atomic mass is 31.2. The van der Waals surface area contributed by atoms with Gasteiger partial charge in [-0.15, -0.1) is 0 Å². The van der Waals surface area contributed by atoms with Crippen molar-refractivity contribution in [3.8, 4) is 0 Å². The van der Waals surface area contributed by atoms with Crippen molar-refractivity contribution in [2.45, 2.75) is 39.3 Å². The lowest BCUT2D eigenvalue weighted by atomic mass is 9.94. The highest BCUT2D eigenvalue weighted by Gasteiger charge is 2.44. The van der Waals surface area contributed by atoms with E-state index in [0.717, 1.165) is 0 Å². The van der Waals surface area contributed by atoms with Gasteiger partial charge in [0.15, 0.2) is 0 Å². The van der Waals surface area contributed by atoms with Gasteiger partial charge in [0.05, 0.1) is 31.4 Å². The molecule has 5 nitrogen and oxygen atoms in total. The van der Waals surface area contributed by atoms with Gasteiger partial charge in [-0.25, -0.2) is 0 Å². The van der Waals surface area contributed by atoms with Crippen molar-refractivity contribution in [3.05, 3.63) is 12.2 Å². The van der Waals surface area contributed by atoms with Crippen LogP contribution < -0.4 is 0 Å². The first-order valence-corrected chi connectivity index (χ1v) is 8.40. The van der Waals surface area contributed by atoms with Gasteiger partial charge < -0.3 is 13.8 Å². The van der Waals surface area contributed by atoms with Gasteiger partial charge in [-0.2, -0.15) is 0 Å². The maximum absolute atomic E-state index is 12.8. The molecule has 0 saturated heterocycles. The second kappa shape index (κ2) is 7.83. The molecule has 0 aromatic carbocycles. The Labute approximate surface area is 114 Å². The molecule has 1 aliphatic rings. The lowest BCUT2D eigenvalue weighted by molar-refractivity contribution is -0.148. The summed E-state index contributed by atoms with van der Waals surface area (Å²) in [4.78, 5) is 12.0. The fourth-order valence-electron chi connectivity index (χ4n) is 2.24. The summed E-state index contributed by atoms with van der Waals surface area (Å²) in [6, 6.07) is 0. The topological polar surface area (TPSA) is 61.8 Å². The van der Waals surface area contributed by atoms with Crippen molar-refractivity contribution in [1.82, 2.24) is 0 Å². The van der Waals surface area contributed by atoms with E-state index in [1.807, 2.05) is 12.2 Å². The Hall–Kier alpha value is -0.640. The summed E-state index contributed by atoms with van der Waals surface area (Å²) in [7, 11) is -3.28. The monoisotopic (exact) mass is 290 g/mol. The van der Waals surface area contributed by atoms with Gasteiger partial charge >= 0.3 is 13.6 Å². The van der Waals surface area contributed by atoms with Crippen molar-refractivity contribution in [2.24, 2.45) is 5.92 Å². The van der Waals surface area contributed by atoms with Crippen LogP contribution in [-0.4, -0.2) is 31.4 Å². The van der Waals surface area contributed by atoms with E-state index in [1.54, 1.807) is 20.8 Å². The summed E-state index contributed by atoms with van der Waals surface area (Å²) in [6.45, 7) is 6.21. The molecule has 2 atom stereocenters. The van der Waals surface area contributed by atoms with Gasteiger partial charge in [0.25, 0.3) is 0 Å². The van der Waals surface area contributed by atoms with Crippen molar-refractivity contribution in [3.63, 3.8) is 0 Å². The minimum atomic E-state index is -3.28. The van der Waals surface area contributed by atoms with Gasteiger partial charge in [-0.1, -0.05) is 12.2 Å². The molecule has 0 unspecified atom stereocenters. The van der Waals surface area contributed by atoms with E-state index in [9.17, 15) is 9.36 Å². The molecule has 0 spiro atoms. The molecular formula is C13H23O5P. The molecule has 110 valence electrons. The number of hydrogen-bond acceptors (Lipinski definition) is 5. The summed E-state index contributed by atoms with van der Waals surface area (Å²) >= 11 is 0. The zero-order chi connectivity index (χ0) is 14.3. The summed E-state index contributed by atoms with van der Waals surface area (Å²) in [5.74, 6) is -0.773. The minimum Gasteiger partial charge on any atom is -0.466 e. The molecule has 0 amide bonds. The number of carbonyl (C=O) groups is 1. The van der Waals surface area contributed by atoms with E-state index in [2.05, 4.69) is 0 Å².